The van der Waals surface area contributed by atoms with Gasteiger partial charge in [-0.05, 0) is 58.4 Å². The Labute approximate surface area is 196 Å². The first-order valence-corrected chi connectivity index (χ1v) is 10.4. The first-order chi connectivity index (χ1) is 16.3. The molecule has 0 radical (unpaired) electrons. The summed E-state index contributed by atoms with van der Waals surface area (Å²) in [5.41, 5.74) is -2.65. The molecule has 3 aromatic rings. The van der Waals surface area contributed by atoms with Crippen LogP contribution >= 0.6 is 0 Å². The number of rotatable bonds is 5. The van der Waals surface area contributed by atoms with Crippen molar-refractivity contribution < 1.29 is 36.2 Å². The van der Waals surface area contributed by atoms with Gasteiger partial charge in [-0.1, -0.05) is 0 Å². The monoisotopic (exact) mass is 496 g/mol. The molecule has 0 fully saturated rings. The summed E-state index contributed by atoms with van der Waals surface area (Å²) in [6, 6.07) is 2.93. The Hall–Kier alpha value is -3.76. The highest BCUT2D eigenvalue weighted by atomic mass is 19.4. The van der Waals surface area contributed by atoms with Crippen molar-refractivity contribution in [2.24, 2.45) is 0 Å². The van der Waals surface area contributed by atoms with Crippen LogP contribution in [0.3, 0.4) is 0 Å². The summed E-state index contributed by atoms with van der Waals surface area (Å²) in [6.45, 7) is 6.78. The Bertz CT molecular complexity index is 1380. The van der Waals surface area contributed by atoms with Crippen molar-refractivity contribution in [3.8, 4) is 22.9 Å². The number of hydrogen-bond donors (Lipinski definition) is 1. The van der Waals surface area contributed by atoms with Crippen LogP contribution in [0.1, 0.15) is 45.4 Å². The minimum Gasteiger partial charge on any atom is -0.462 e. The number of carbonyl (C=O) groups excluding carboxylic acids is 1. The molecule has 0 amide bonds. The Balaban J connectivity index is 2.30. The van der Waals surface area contributed by atoms with Crippen molar-refractivity contribution in [1.29, 1.82) is 0 Å². The van der Waals surface area contributed by atoms with Gasteiger partial charge in [-0.15, -0.1) is 0 Å². The molecular weight excluding hydrogens is 475 g/mol. The highest BCUT2D eigenvalue weighted by molar-refractivity contribution is 5.91. The third kappa shape index (κ3) is 4.89. The van der Waals surface area contributed by atoms with Gasteiger partial charge in [-0.3, -0.25) is 4.79 Å². The number of aryl methyl sites for hydroxylation is 2. The number of benzene rings is 1. The number of halogens is 5. The Kier molecular flexibility index (Phi) is 7.00. The molecule has 1 aromatic carbocycles. The molecule has 6 nitrogen and oxygen atoms in total. The van der Waals surface area contributed by atoms with Gasteiger partial charge >= 0.3 is 12.1 Å². The molecule has 186 valence electrons. The maximum Gasteiger partial charge on any atom is 0.433 e. The molecule has 0 bridgehead atoms. The quantitative estimate of drug-likeness (QED) is 0.350. The highest BCUT2D eigenvalue weighted by Crippen LogP contribution is 2.39. The van der Waals surface area contributed by atoms with Crippen LogP contribution in [-0.2, 0) is 10.9 Å². The molecule has 0 aliphatic heterocycles. The number of aromatic amines is 1. The average molecular weight is 496 g/mol. The Morgan fingerprint density at radius 2 is 1.74 bits per heavy atom. The van der Waals surface area contributed by atoms with Crippen LogP contribution in [0.4, 0.5) is 22.0 Å². The summed E-state index contributed by atoms with van der Waals surface area (Å²) in [4.78, 5) is 31.7. The van der Waals surface area contributed by atoms with Gasteiger partial charge in [0.2, 0.25) is 5.88 Å². The molecule has 1 N–H and O–H groups in total. The lowest BCUT2D eigenvalue weighted by Crippen LogP contribution is -2.23. The second-order valence-electron chi connectivity index (χ2n) is 7.77. The van der Waals surface area contributed by atoms with Gasteiger partial charge in [-0.25, -0.2) is 18.6 Å². The van der Waals surface area contributed by atoms with Crippen molar-refractivity contribution in [3.63, 3.8) is 0 Å². The summed E-state index contributed by atoms with van der Waals surface area (Å²) in [7, 11) is 0. The first kappa shape index (κ1) is 25.9. The molecule has 0 aliphatic rings. The number of H-pyrrole nitrogens is 1. The fourth-order valence-electron chi connectivity index (χ4n) is 3.52. The van der Waals surface area contributed by atoms with Crippen molar-refractivity contribution >= 4 is 5.97 Å². The van der Waals surface area contributed by atoms with Crippen LogP contribution in [0, 0.1) is 39.3 Å². The predicted octanol–water partition coefficient (Wildman–Crippen LogP) is 5.94. The van der Waals surface area contributed by atoms with Crippen LogP contribution in [0.25, 0.3) is 11.3 Å². The number of carbonyl (C=O) groups is 1. The number of nitrogens with zero attached hydrogens (tertiary/aromatic N) is 1. The summed E-state index contributed by atoms with van der Waals surface area (Å²) in [5, 5.41) is 0. The zero-order valence-electron chi connectivity index (χ0n) is 19.4. The van der Waals surface area contributed by atoms with E-state index in [1.165, 1.54) is 27.7 Å². The normalized spacial score (nSPS) is 11.5. The molecule has 35 heavy (non-hydrogen) atoms. The lowest BCUT2D eigenvalue weighted by Gasteiger charge is -2.18. The van der Waals surface area contributed by atoms with Crippen LogP contribution in [0.2, 0.25) is 0 Å². The maximum absolute atomic E-state index is 14.1. The lowest BCUT2D eigenvalue weighted by atomic mass is 10.0. The molecule has 3 rings (SSSR count). The number of esters is 1. The number of hydrogen-bond acceptors (Lipinski definition) is 5. The third-order valence-electron chi connectivity index (χ3n) is 5.32. The fraction of sp³-hybridized carbons (Fsp3) is 0.292. The summed E-state index contributed by atoms with van der Waals surface area (Å²) >= 11 is 0. The lowest BCUT2D eigenvalue weighted by molar-refractivity contribution is -0.141. The van der Waals surface area contributed by atoms with E-state index in [4.69, 9.17) is 9.47 Å². The summed E-state index contributed by atoms with van der Waals surface area (Å²) < 4.78 is 78.8. The highest BCUT2D eigenvalue weighted by Gasteiger charge is 2.36. The molecule has 0 saturated carbocycles. The van der Waals surface area contributed by atoms with Crippen molar-refractivity contribution in [2.75, 3.05) is 6.61 Å². The van der Waals surface area contributed by atoms with E-state index in [0.717, 1.165) is 18.2 Å². The number of pyridine rings is 2. The van der Waals surface area contributed by atoms with Gasteiger partial charge < -0.3 is 14.5 Å². The largest absolute Gasteiger partial charge is 0.462 e. The van der Waals surface area contributed by atoms with E-state index in [9.17, 15) is 31.5 Å². The molecule has 0 unspecified atom stereocenters. The van der Waals surface area contributed by atoms with Gasteiger partial charge in [0.25, 0.3) is 0 Å². The maximum atomic E-state index is 14.1. The van der Waals surface area contributed by atoms with Gasteiger partial charge in [0, 0.05) is 16.8 Å². The van der Waals surface area contributed by atoms with Gasteiger partial charge in [0.05, 0.1) is 17.9 Å². The van der Waals surface area contributed by atoms with Gasteiger partial charge in [-0.2, -0.15) is 13.2 Å². The summed E-state index contributed by atoms with van der Waals surface area (Å²) in [6.07, 6.45) is -4.84. The zero-order chi connectivity index (χ0) is 26.2. The van der Waals surface area contributed by atoms with Crippen LogP contribution in [-0.4, -0.2) is 22.5 Å². The first-order valence-electron chi connectivity index (χ1n) is 10.4. The van der Waals surface area contributed by atoms with Crippen molar-refractivity contribution in [1.82, 2.24) is 9.97 Å². The fourth-order valence-corrected chi connectivity index (χ4v) is 3.52. The van der Waals surface area contributed by atoms with E-state index < -0.39 is 40.8 Å². The third-order valence-corrected chi connectivity index (χ3v) is 5.32. The zero-order valence-corrected chi connectivity index (χ0v) is 19.4. The van der Waals surface area contributed by atoms with E-state index in [0.29, 0.717) is 0 Å². The van der Waals surface area contributed by atoms with E-state index in [-0.39, 0.29) is 51.6 Å². The predicted molar refractivity (Wildman–Crippen MR) is 117 cm³/mol. The van der Waals surface area contributed by atoms with Crippen LogP contribution in [0.15, 0.2) is 23.0 Å². The van der Waals surface area contributed by atoms with E-state index in [2.05, 4.69) is 9.97 Å². The number of alkyl halides is 3. The molecule has 2 heterocycles. The van der Waals surface area contributed by atoms with Crippen molar-refractivity contribution in [2.45, 2.75) is 40.8 Å². The average Bonchev–Trinajstić information content (AvgIpc) is 2.77. The molecule has 0 saturated heterocycles. The van der Waals surface area contributed by atoms with Crippen LogP contribution in [0.5, 0.6) is 11.6 Å². The topological polar surface area (TPSA) is 81.3 Å². The molecule has 0 aliphatic carbocycles. The van der Waals surface area contributed by atoms with Crippen LogP contribution < -0.4 is 10.2 Å². The molecule has 11 heteroatoms. The SMILES string of the molecule is CCOC(=O)c1c(C)[nH]c(-c2cc(C)c(C(F)(F)F)nc2Oc2ccc(F)c(F)c2C)c(C)c1=O. The summed E-state index contributed by atoms with van der Waals surface area (Å²) in [5.74, 6) is -4.11. The second kappa shape index (κ2) is 9.47. The standard InChI is InChI=1S/C24H21F5N2O4/c1-6-34-23(33)17-13(5)30-19(12(4)20(17)32)14-9-10(2)21(24(27,28)29)31-22(14)35-16-8-7-15(25)18(26)11(16)3/h7-9H,6H2,1-5H3,(H,30,32). The minimum atomic E-state index is -4.84. The molecule has 2 aromatic heterocycles. The minimum absolute atomic E-state index is 0.00790. The molecule has 0 atom stereocenters. The Morgan fingerprint density at radius 3 is 2.34 bits per heavy atom. The molecule has 0 spiro atoms. The number of ether oxygens (including phenoxy) is 2. The number of aromatic nitrogens is 2. The van der Waals surface area contributed by atoms with Crippen molar-refractivity contribution in [3.05, 3.63) is 73.7 Å². The van der Waals surface area contributed by atoms with Gasteiger partial charge in [0.15, 0.2) is 22.8 Å². The van der Waals surface area contributed by atoms with Gasteiger partial charge in [0.1, 0.15) is 11.3 Å². The molecular formula is C24H21F5N2O4. The smallest absolute Gasteiger partial charge is 0.433 e. The Morgan fingerprint density at radius 1 is 1.09 bits per heavy atom. The van der Waals surface area contributed by atoms with E-state index >= 15 is 0 Å². The number of nitrogens with one attached hydrogen (secondary N) is 1. The second-order valence-corrected chi connectivity index (χ2v) is 7.77. The van der Waals surface area contributed by atoms with E-state index in [1.807, 2.05) is 0 Å². The van der Waals surface area contributed by atoms with E-state index in [1.54, 1.807) is 6.92 Å².